The van der Waals surface area contributed by atoms with Crippen molar-refractivity contribution >= 4 is 28.6 Å². The predicted octanol–water partition coefficient (Wildman–Crippen LogP) is 4.50. The summed E-state index contributed by atoms with van der Waals surface area (Å²) in [5.41, 5.74) is 3.18. The van der Waals surface area contributed by atoms with Gasteiger partial charge in [-0.05, 0) is 36.0 Å². The largest absolute Gasteiger partial charge is 0.360 e. The number of benzene rings is 2. The van der Waals surface area contributed by atoms with Crippen molar-refractivity contribution in [2.24, 2.45) is 0 Å². The standard InChI is InChI=1S/C25H27N3O3/c1-5-16-7-6-8-19-20(13-26-22(16)19)21(29)14-28-23(30)25(4,27-24(28)31)18-11-9-17(10-12-18)15(2)3/h6-13,15,26H,5,14H2,1-4H3,(H,27,31)/t25-/m0/s1. The summed E-state index contributed by atoms with van der Waals surface area (Å²) in [7, 11) is 0. The van der Waals surface area contributed by atoms with Crippen molar-refractivity contribution in [2.45, 2.75) is 45.6 Å². The van der Waals surface area contributed by atoms with Crippen LogP contribution >= 0.6 is 0 Å². The van der Waals surface area contributed by atoms with E-state index in [-0.39, 0.29) is 12.3 Å². The second kappa shape index (κ2) is 7.69. The van der Waals surface area contributed by atoms with Crippen LogP contribution < -0.4 is 5.32 Å². The van der Waals surface area contributed by atoms with E-state index in [4.69, 9.17) is 0 Å². The van der Waals surface area contributed by atoms with Crippen LogP contribution in [-0.4, -0.2) is 34.2 Å². The summed E-state index contributed by atoms with van der Waals surface area (Å²) in [5, 5.41) is 3.59. The number of hydrogen-bond acceptors (Lipinski definition) is 3. The van der Waals surface area contributed by atoms with Crippen molar-refractivity contribution in [1.82, 2.24) is 15.2 Å². The van der Waals surface area contributed by atoms with E-state index < -0.39 is 17.5 Å². The molecule has 2 heterocycles. The molecule has 0 saturated carbocycles. The van der Waals surface area contributed by atoms with Gasteiger partial charge in [-0.15, -0.1) is 0 Å². The summed E-state index contributed by atoms with van der Waals surface area (Å²) in [5.74, 6) is -0.325. The first-order valence-corrected chi connectivity index (χ1v) is 10.6. The molecule has 0 spiro atoms. The molecule has 3 aromatic rings. The van der Waals surface area contributed by atoms with Crippen LogP contribution in [-0.2, 0) is 16.8 Å². The van der Waals surface area contributed by atoms with Gasteiger partial charge >= 0.3 is 6.03 Å². The molecule has 1 fully saturated rings. The van der Waals surface area contributed by atoms with Crippen molar-refractivity contribution in [3.8, 4) is 0 Å². The Hall–Kier alpha value is -3.41. The van der Waals surface area contributed by atoms with Crippen LogP contribution in [0.2, 0.25) is 0 Å². The Bertz CT molecular complexity index is 1180. The molecule has 2 aromatic carbocycles. The van der Waals surface area contributed by atoms with Gasteiger partial charge in [0.2, 0.25) is 0 Å². The third-order valence-electron chi connectivity index (χ3n) is 6.21. The monoisotopic (exact) mass is 417 g/mol. The van der Waals surface area contributed by atoms with E-state index in [1.807, 2.05) is 42.5 Å². The summed E-state index contributed by atoms with van der Waals surface area (Å²) >= 11 is 0. The van der Waals surface area contributed by atoms with Gasteiger partial charge in [0.05, 0.1) is 6.54 Å². The third-order valence-corrected chi connectivity index (χ3v) is 6.21. The molecule has 4 rings (SSSR count). The lowest BCUT2D eigenvalue weighted by Gasteiger charge is -2.22. The summed E-state index contributed by atoms with van der Waals surface area (Å²) in [6.45, 7) is 7.63. The fraction of sp³-hybridized carbons (Fsp3) is 0.320. The van der Waals surface area contributed by atoms with Crippen molar-refractivity contribution in [1.29, 1.82) is 0 Å². The van der Waals surface area contributed by atoms with Gasteiger partial charge in [0, 0.05) is 22.7 Å². The molecule has 1 atom stereocenters. The Morgan fingerprint density at radius 2 is 1.81 bits per heavy atom. The average molecular weight is 418 g/mol. The lowest BCUT2D eigenvalue weighted by molar-refractivity contribution is -0.130. The van der Waals surface area contributed by atoms with Crippen molar-refractivity contribution < 1.29 is 14.4 Å². The normalized spacial score (nSPS) is 18.8. The molecule has 0 unspecified atom stereocenters. The minimum absolute atomic E-state index is 0.276. The molecular weight excluding hydrogens is 390 g/mol. The highest BCUT2D eigenvalue weighted by atomic mass is 16.2. The highest BCUT2D eigenvalue weighted by Gasteiger charge is 2.49. The zero-order valence-corrected chi connectivity index (χ0v) is 18.3. The van der Waals surface area contributed by atoms with Crippen LogP contribution in [0.3, 0.4) is 0 Å². The number of aromatic nitrogens is 1. The molecule has 1 aromatic heterocycles. The molecule has 0 aliphatic carbocycles. The molecule has 31 heavy (non-hydrogen) atoms. The van der Waals surface area contributed by atoms with Gasteiger partial charge in [-0.25, -0.2) is 4.79 Å². The number of nitrogens with one attached hydrogen (secondary N) is 2. The summed E-state index contributed by atoms with van der Waals surface area (Å²) < 4.78 is 0. The Balaban J connectivity index is 1.59. The van der Waals surface area contributed by atoms with Crippen LogP contribution in [0.1, 0.15) is 60.7 Å². The number of fused-ring (bicyclic) bond motifs is 1. The van der Waals surface area contributed by atoms with Crippen LogP contribution in [0.4, 0.5) is 4.79 Å². The molecule has 160 valence electrons. The second-order valence-corrected chi connectivity index (χ2v) is 8.54. The topological polar surface area (TPSA) is 82.3 Å². The maximum Gasteiger partial charge on any atom is 0.325 e. The number of amides is 3. The lowest BCUT2D eigenvalue weighted by Crippen LogP contribution is -2.41. The number of aryl methyl sites for hydroxylation is 1. The van der Waals surface area contributed by atoms with E-state index in [0.29, 0.717) is 17.0 Å². The number of imide groups is 1. The SMILES string of the molecule is CCc1cccc2c(C(=O)CN3C(=O)N[C@@](C)(c4ccc(C(C)C)cc4)C3=O)c[nH]c12. The molecule has 0 bridgehead atoms. The molecule has 3 amide bonds. The first kappa shape index (κ1) is 20.8. The van der Waals surface area contributed by atoms with Gasteiger partial charge in [-0.2, -0.15) is 0 Å². The minimum atomic E-state index is -1.19. The van der Waals surface area contributed by atoms with Gasteiger partial charge in [0.1, 0.15) is 5.54 Å². The van der Waals surface area contributed by atoms with E-state index in [2.05, 4.69) is 31.1 Å². The van der Waals surface area contributed by atoms with Crippen LogP contribution in [0, 0.1) is 0 Å². The van der Waals surface area contributed by atoms with Crippen LogP contribution in [0.5, 0.6) is 0 Å². The van der Waals surface area contributed by atoms with E-state index >= 15 is 0 Å². The first-order valence-electron chi connectivity index (χ1n) is 10.6. The van der Waals surface area contributed by atoms with E-state index in [1.54, 1.807) is 13.1 Å². The quantitative estimate of drug-likeness (QED) is 0.457. The minimum Gasteiger partial charge on any atom is -0.360 e. The van der Waals surface area contributed by atoms with Gasteiger partial charge in [-0.1, -0.05) is 63.2 Å². The summed E-state index contributed by atoms with van der Waals surface area (Å²) in [6.07, 6.45) is 2.50. The molecule has 1 saturated heterocycles. The average Bonchev–Trinajstić information content (AvgIpc) is 3.29. The molecule has 1 aliphatic heterocycles. The Labute approximate surface area is 181 Å². The van der Waals surface area contributed by atoms with Crippen molar-refractivity contribution in [3.63, 3.8) is 0 Å². The van der Waals surface area contributed by atoms with Crippen molar-refractivity contribution in [3.05, 3.63) is 70.9 Å². The molecular formula is C25H27N3O3. The van der Waals surface area contributed by atoms with Gasteiger partial charge < -0.3 is 10.3 Å². The number of carbonyl (C=O) groups is 3. The lowest BCUT2D eigenvalue weighted by atomic mass is 9.90. The maximum absolute atomic E-state index is 13.2. The number of nitrogens with zero attached hydrogens (tertiary/aromatic N) is 1. The molecule has 2 N–H and O–H groups in total. The molecule has 6 nitrogen and oxygen atoms in total. The third kappa shape index (κ3) is 3.42. The zero-order chi connectivity index (χ0) is 22.3. The highest BCUT2D eigenvalue weighted by molar-refractivity contribution is 6.14. The number of ketones is 1. The number of aromatic amines is 1. The zero-order valence-electron chi connectivity index (χ0n) is 18.3. The van der Waals surface area contributed by atoms with Crippen molar-refractivity contribution in [2.75, 3.05) is 6.54 Å². The molecule has 6 heteroatoms. The Morgan fingerprint density at radius 1 is 1.10 bits per heavy atom. The maximum atomic E-state index is 13.2. The van der Waals surface area contributed by atoms with Gasteiger partial charge in [0.15, 0.2) is 5.78 Å². The fourth-order valence-electron chi connectivity index (χ4n) is 4.21. The Kier molecular flexibility index (Phi) is 5.17. The number of urea groups is 1. The number of rotatable bonds is 6. The molecule has 0 radical (unpaired) electrons. The van der Waals surface area contributed by atoms with Crippen LogP contribution in [0.15, 0.2) is 48.7 Å². The number of H-pyrrole nitrogens is 1. The number of hydrogen-bond donors (Lipinski definition) is 2. The summed E-state index contributed by atoms with van der Waals surface area (Å²) in [4.78, 5) is 43.1. The highest BCUT2D eigenvalue weighted by Crippen LogP contribution is 2.30. The first-order chi connectivity index (χ1) is 14.8. The second-order valence-electron chi connectivity index (χ2n) is 8.54. The van der Waals surface area contributed by atoms with E-state index in [1.165, 1.54) is 0 Å². The number of carbonyl (C=O) groups excluding carboxylic acids is 3. The Morgan fingerprint density at radius 3 is 2.45 bits per heavy atom. The van der Waals surface area contributed by atoms with E-state index in [9.17, 15) is 14.4 Å². The summed E-state index contributed by atoms with van der Waals surface area (Å²) in [6, 6.07) is 12.9. The molecule has 1 aliphatic rings. The van der Waals surface area contributed by atoms with E-state index in [0.717, 1.165) is 33.4 Å². The van der Waals surface area contributed by atoms with Crippen LogP contribution in [0.25, 0.3) is 10.9 Å². The predicted molar refractivity (Wildman–Crippen MR) is 120 cm³/mol. The van der Waals surface area contributed by atoms with Gasteiger partial charge in [-0.3, -0.25) is 14.5 Å². The fourth-order valence-corrected chi connectivity index (χ4v) is 4.21. The number of Topliss-reactive ketones (excluding diaryl/α,β-unsaturated/α-hetero) is 1. The smallest absolute Gasteiger partial charge is 0.325 e. The number of para-hydroxylation sites is 1. The van der Waals surface area contributed by atoms with Gasteiger partial charge in [0.25, 0.3) is 5.91 Å².